The molecular formula is C16H23N3O. The largest absolute Gasteiger partial charge is 0.376 e. The zero-order chi connectivity index (χ0) is 13.8. The summed E-state index contributed by atoms with van der Waals surface area (Å²) in [6.07, 6.45) is 5.12. The van der Waals surface area contributed by atoms with Crippen LogP contribution in [0.2, 0.25) is 0 Å². The highest BCUT2D eigenvalue weighted by atomic mass is 16.1. The zero-order valence-corrected chi connectivity index (χ0v) is 11.9. The molecule has 1 heterocycles. The van der Waals surface area contributed by atoms with Gasteiger partial charge in [0.2, 0.25) is 5.91 Å². The molecule has 0 spiro atoms. The molecule has 3 rings (SSSR count). The molecule has 20 heavy (non-hydrogen) atoms. The standard InChI is InChI=1S/C16H23N3O/c20-16(18-11-13-3-4-13)12-17-14-5-7-15(8-6-14)19-9-1-2-10-19/h5-8,13,17H,1-4,9-12H2,(H,18,20). The molecule has 2 aliphatic rings. The number of anilines is 2. The van der Waals surface area contributed by atoms with Crippen molar-refractivity contribution in [3.05, 3.63) is 24.3 Å². The predicted octanol–water partition coefficient (Wildman–Crippen LogP) is 2.22. The second-order valence-electron chi connectivity index (χ2n) is 5.84. The lowest BCUT2D eigenvalue weighted by molar-refractivity contribution is -0.119. The Bertz CT molecular complexity index is 447. The fraction of sp³-hybridized carbons (Fsp3) is 0.562. The molecule has 1 aliphatic carbocycles. The topological polar surface area (TPSA) is 44.4 Å². The molecule has 1 aromatic rings. The van der Waals surface area contributed by atoms with Crippen LogP contribution in [0.1, 0.15) is 25.7 Å². The van der Waals surface area contributed by atoms with Crippen LogP contribution in [0.4, 0.5) is 11.4 Å². The first-order valence-electron chi connectivity index (χ1n) is 7.67. The maximum atomic E-state index is 11.6. The Morgan fingerprint density at radius 3 is 2.50 bits per heavy atom. The lowest BCUT2D eigenvalue weighted by atomic mass is 10.2. The highest BCUT2D eigenvalue weighted by Gasteiger charge is 2.21. The summed E-state index contributed by atoms with van der Waals surface area (Å²) < 4.78 is 0. The molecule has 0 unspecified atom stereocenters. The number of amides is 1. The van der Waals surface area contributed by atoms with Crippen LogP contribution in [0.25, 0.3) is 0 Å². The van der Waals surface area contributed by atoms with Gasteiger partial charge in [-0.25, -0.2) is 0 Å². The summed E-state index contributed by atoms with van der Waals surface area (Å²) >= 11 is 0. The first-order valence-corrected chi connectivity index (χ1v) is 7.67. The summed E-state index contributed by atoms with van der Waals surface area (Å²) in [6, 6.07) is 8.38. The molecule has 2 fully saturated rings. The van der Waals surface area contributed by atoms with E-state index in [0.717, 1.165) is 31.2 Å². The molecule has 0 bridgehead atoms. The van der Waals surface area contributed by atoms with Gasteiger partial charge in [-0.05, 0) is 55.9 Å². The van der Waals surface area contributed by atoms with Crippen molar-refractivity contribution in [3.63, 3.8) is 0 Å². The summed E-state index contributed by atoms with van der Waals surface area (Å²) in [4.78, 5) is 14.1. The Morgan fingerprint density at radius 2 is 1.85 bits per heavy atom. The fourth-order valence-corrected chi connectivity index (χ4v) is 2.59. The highest BCUT2D eigenvalue weighted by molar-refractivity contribution is 5.80. The van der Waals surface area contributed by atoms with Gasteiger partial charge in [0.05, 0.1) is 6.54 Å². The van der Waals surface area contributed by atoms with E-state index in [1.165, 1.54) is 31.4 Å². The molecule has 108 valence electrons. The molecule has 0 atom stereocenters. The summed E-state index contributed by atoms with van der Waals surface area (Å²) in [7, 11) is 0. The van der Waals surface area contributed by atoms with E-state index in [1.807, 2.05) is 0 Å². The van der Waals surface area contributed by atoms with E-state index < -0.39 is 0 Å². The van der Waals surface area contributed by atoms with Crippen LogP contribution in [0, 0.1) is 5.92 Å². The van der Waals surface area contributed by atoms with E-state index in [-0.39, 0.29) is 5.91 Å². The third-order valence-corrected chi connectivity index (χ3v) is 4.08. The van der Waals surface area contributed by atoms with Gasteiger partial charge in [0.1, 0.15) is 0 Å². The number of hydrogen-bond acceptors (Lipinski definition) is 3. The zero-order valence-electron chi connectivity index (χ0n) is 11.9. The monoisotopic (exact) mass is 273 g/mol. The second-order valence-corrected chi connectivity index (χ2v) is 5.84. The lowest BCUT2D eigenvalue weighted by Gasteiger charge is -2.18. The van der Waals surface area contributed by atoms with Gasteiger partial charge in [0.25, 0.3) is 0 Å². The third-order valence-electron chi connectivity index (χ3n) is 4.08. The third kappa shape index (κ3) is 3.65. The molecule has 1 amide bonds. The number of benzene rings is 1. The van der Waals surface area contributed by atoms with E-state index in [2.05, 4.69) is 39.8 Å². The number of hydrogen-bond donors (Lipinski definition) is 2. The van der Waals surface area contributed by atoms with Crippen LogP contribution >= 0.6 is 0 Å². The first kappa shape index (κ1) is 13.3. The van der Waals surface area contributed by atoms with Crippen LogP contribution in [-0.4, -0.2) is 32.1 Å². The molecule has 2 N–H and O–H groups in total. The van der Waals surface area contributed by atoms with Crippen molar-refractivity contribution < 1.29 is 4.79 Å². The number of nitrogens with one attached hydrogen (secondary N) is 2. The normalized spacial score (nSPS) is 18.1. The minimum Gasteiger partial charge on any atom is -0.376 e. The van der Waals surface area contributed by atoms with Crippen LogP contribution in [-0.2, 0) is 4.79 Å². The van der Waals surface area contributed by atoms with Crippen LogP contribution in [0.5, 0.6) is 0 Å². The molecule has 1 aliphatic heterocycles. The Morgan fingerprint density at radius 1 is 1.15 bits per heavy atom. The second kappa shape index (κ2) is 6.16. The maximum Gasteiger partial charge on any atom is 0.239 e. The summed E-state index contributed by atoms with van der Waals surface area (Å²) in [5.41, 5.74) is 2.29. The molecule has 1 saturated carbocycles. The number of rotatable bonds is 6. The molecule has 4 nitrogen and oxygen atoms in total. The summed E-state index contributed by atoms with van der Waals surface area (Å²) in [5, 5.41) is 6.14. The van der Waals surface area contributed by atoms with Crippen molar-refractivity contribution in [2.45, 2.75) is 25.7 Å². The first-order chi connectivity index (χ1) is 9.81. The van der Waals surface area contributed by atoms with Crippen LogP contribution < -0.4 is 15.5 Å². The van der Waals surface area contributed by atoms with E-state index in [9.17, 15) is 4.79 Å². The van der Waals surface area contributed by atoms with Gasteiger partial charge in [-0.3, -0.25) is 4.79 Å². The van der Waals surface area contributed by atoms with Crippen molar-refractivity contribution in [2.24, 2.45) is 5.92 Å². The van der Waals surface area contributed by atoms with Crippen molar-refractivity contribution >= 4 is 17.3 Å². The Balaban J connectivity index is 1.43. The molecule has 1 saturated heterocycles. The van der Waals surface area contributed by atoms with Gasteiger partial charge in [-0.15, -0.1) is 0 Å². The van der Waals surface area contributed by atoms with Crippen LogP contribution in [0.15, 0.2) is 24.3 Å². The van der Waals surface area contributed by atoms with Crippen molar-refractivity contribution in [1.82, 2.24) is 5.32 Å². The van der Waals surface area contributed by atoms with Gasteiger partial charge in [-0.1, -0.05) is 0 Å². The average molecular weight is 273 g/mol. The molecule has 0 radical (unpaired) electrons. The van der Waals surface area contributed by atoms with Crippen molar-refractivity contribution in [2.75, 3.05) is 36.4 Å². The number of carbonyl (C=O) groups is 1. The van der Waals surface area contributed by atoms with E-state index in [1.54, 1.807) is 0 Å². The minimum atomic E-state index is 0.0838. The highest BCUT2D eigenvalue weighted by Crippen LogP contribution is 2.27. The smallest absolute Gasteiger partial charge is 0.239 e. The number of nitrogens with zero attached hydrogens (tertiary/aromatic N) is 1. The maximum absolute atomic E-state index is 11.6. The van der Waals surface area contributed by atoms with Gasteiger partial charge in [0, 0.05) is 31.0 Å². The van der Waals surface area contributed by atoms with E-state index >= 15 is 0 Å². The van der Waals surface area contributed by atoms with Gasteiger partial charge in [-0.2, -0.15) is 0 Å². The Labute approximate surface area is 120 Å². The van der Waals surface area contributed by atoms with E-state index in [4.69, 9.17) is 0 Å². The van der Waals surface area contributed by atoms with Gasteiger partial charge >= 0.3 is 0 Å². The van der Waals surface area contributed by atoms with Crippen molar-refractivity contribution in [1.29, 1.82) is 0 Å². The van der Waals surface area contributed by atoms with E-state index in [0.29, 0.717) is 6.54 Å². The van der Waals surface area contributed by atoms with Gasteiger partial charge < -0.3 is 15.5 Å². The SMILES string of the molecule is O=C(CNc1ccc(N2CCCC2)cc1)NCC1CC1. The average Bonchev–Trinajstić information content (AvgIpc) is 3.15. The van der Waals surface area contributed by atoms with Crippen molar-refractivity contribution in [3.8, 4) is 0 Å². The summed E-state index contributed by atoms with van der Waals surface area (Å²) in [5.74, 6) is 0.819. The minimum absolute atomic E-state index is 0.0838. The van der Waals surface area contributed by atoms with Crippen LogP contribution in [0.3, 0.4) is 0 Å². The molecular weight excluding hydrogens is 250 g/mol. The fourth-order valence-electron chi connectivity index (χ4n) is 2.59. The van der Waals surface area contributed by atoms with Gasteiger partial charge in [0.15, 0.2) is 0 Å². The molecule has 1 aromatic carbocycles. The predicted molar refractivity (Wildman–Crippen MR) is 82.1 cm³/mol. The molecule has 0 aromatic heterocycles. The lowest BCUT2D eigenvalue weighted by Crippen LogP contribution is -2.31. The quantitative estimate of drug-likeness (QED) is 0.835. The Kier molecular flexibility index (Phi) is 4.09. The summed E-state index contributed by atoms with van der Waals surface area (Å²) in [6.45, 7) is 3.52. The molecule has 4 heteroatoms. The Hall–Kier alpha value is -1.71. The number of carbonyl (C=O) groups excluding carboxylic acids is 1.